The molecule has 1 aliphatic heterocycles. The summed E-state index contributed by atoms with van der Waals surface area (Å²) in [5.41, 5.74) is 3.80. The molecule has 0 saturated heterocycles. The van der Waals surface area contributed by atoms with E-state index in [0.717, 1.165) is 5.56 Å². The first kappa shape index (κ1) is 21.6. The number of aryl methyl sites for hydroxylation is 1. The molecule has 0 spiro atoms. The molecule has 3 aromatic carbocycles. The summed E-state index contributed by atoms with van der Waals surface area (Å²) in [5, 5.41) is 2.85. The van der Waals surface area contributed by atoms with Crippen LogP contribution in [0.15, 0.2) is 96.4 Å². The topological polar surface area (TPSA) is 66.5 Å². The van der Waals surface area contributed by atoms with Crippen molar-refractivity contribution in [2.24, 2.45) is 0 Å². The third-order valence-corrected chi connectivity index (χ3v) is 7.26. The second-order valence-electron chi connectivity index (χ2n) is 7.38. The fourth-order valence-corrected chi connectivity index (χ4v) is 5.67. The summed E-state index contributed by atoms with van der Waals surface area (Å²) in [7, 11) is -4.15. The lowest BCUT2D eigenvalue weighted by Crippen LogP contribution is -2.39. The van der Waals surface area contributed by atoms with Gasteiger partial charge in [-0.2, -0.15) is 0 Å². The van der Waals surface area contributed by atoms with Crippen LogP contribution in [0.4, 0.5) is 11.4 Å². The molecule has 1 N–H and O–H groups in total. The maximum atomic E-state index is 13.8. The molecule has 0 aliphatic carbocycles. The highest BCUT2D eigenvalue weighted by Gasteiger charge is 2.40. The predicted octanol–water partition coefficient (Wildman–Crippen LogP) is 4.98. The van der Waals surface area contributed by atoms with Gasteiger partial charge in [0.15, 0.2) is 4.91 Å². The molecule has 4 rings (SSSR count). The van der Waals surface area contributed by atoms with Crippen molar-refractivity contribution in [3.8, 4) is 0 Å². The molecule has 0 radical (unpaired) electrons. The van der Waals surface area contributed by atoms with Gasteiger partial charge in [0.25, 0.3) is 15.9 Å². The van der Waals surface area contributed by atoms with Gasteiger partial charge in [0.1, 0.15) is 0 Å². The Hall–Kier alpha value is -3.64. The van der Waals surface area contributed by atoms with Gasteiger partial charge in [0.2, 0.25) is 0 Å². The molecule has 1 amide bonds. The van der Waals surface area contributed by atoms with E-state index < -0.39 is 15.9 Å². The largest absolute Gasteiger partial charge is 0.321 e. The first-order valence-electron chi connectivity index (χ1n) is 10.4. The highest BCUT2D eigenvalue weighted by molar-refractivity contribution is 7.97. The van der Waals surface area contributed by atoms with E-state index in [-0.39, 0.29) is 11.4 Å². The lowest BCUT2D eigenvalue weighted by molar-refractivity contribution is -0.112. The first-order valence-corrected chi connectivity index (χ1v) is 11.8. The Balaban J connectivity index is 1.98. The van der Waals surface area contributed by atoms with Gasteiger partial charge < -0.3 is 5.32 Å². The van der Waals surface area contributed by atoms with Crippen LogP contribution in [-0.4, -0.2) is 20.9 Å². The lowest BCUT2D eigenvalue weighted by atomic mass is 9.95. The van der Waals surface area contributed by atoms with Gasteiger partial charge in [-0.05, 0) is 29.7 Å². The third-order valence-electron chi connectivity index (χ3n) is 5.43. The minimum Gasteiger partial charge on any atom is -0.321 e. The van der Waals surface area contributed by atoms with Gasteiger partial charge in [0, 0.05) is 16.8 Å². The second kappa shape index (κ2) is 8.85. The summed E-state index contributed by atoms with van der Waals surface area (Å²) in [6.45, 7) is 5.75. The summed E-state index contributed by atoms with van der Waals surface area (Å²) < 4.78 is 28.8. The average Bonchev–Trinajstić information content (AvgIpc) is 2.81. The van der Waals surface area contributed by atoms with Crippen LogP contribution in [0, 0.1) is 0 Å². The number of para-hydroxylation sites is 2. The summed E-state index contributed by atoms with van der Waals surface area (Å²) >= 11 is 0. The normalized spacial score (nSPS) is 14.6. The fourth-order valence-electron chi connectivity index (χ4n) is 3.96. The molecule has 32 heavy (non-hydrogen) atoms. The highest BCUT2D eigenvalue weighted by Crippen LogP contribution is 2.43. The monoisotopic (exact) mass is 444 g/mol. The van der Waals surface area contributed by atoms with E-state index in [1.165, 1.54) is 10.4 Å². The van der Waals surface area contributed by atoms with E-state index in [4.69, 9.17) is 0 Å². The van der Waals surface area contributed by atoms with E-state index in [0.29, 0.717) is 34.5 Å². The highest BCUT2D eigenvalue weighted by atomic mass is 32.2. The fraction of sp³-hybridized carbons (Fsp3) is 0.115. The number of amides is 1. The Morgan fingerprint density at radius 2 is 1.62 bits per heavy atom. The molecular formula is C26H24N2O3S. The van der Waals surface area contributed by atoms with Crippen molar-refractivity contribution in [2.75, 3.05) is 16.2 Å². The zero-order valence-corrected chi connectivity index (χ0v) is 18.6. The number of anilines is 2. The minimum absolute atomic E-state index is 0.0593. The number of carbonyl (C=O) groups is 1. The standard InChI is InChI=1S/C26H24N2O3S/c1-3-18-28-23-17-11-9-15-21(23)24(20-13-6-5-7-14-20)25(32(28,30)31)26(29)27-22-16-10-8-12-19(22)4-2/h3,5-17H,1,4,18H2,2H3,(H,27,29). The Morgan fingerprint density at radius 3 is 2.34 bits per heavy atom. The molecular weight excluding hydrogens is 420 g/mol. The molecule has 6 heteroatoms. The minimum atomic E-state index is -4.15. The summed E-state index contributed by atoms with van der Waals surface area (Å²) in [4.78, 5) is 13.3. The molecule has 0 atom stereocenters. The maximum Gasteiger partial charge on any atom is 0.270 e. The molecule has 0 bridgehead atoms. The number of rotatable bonds is 6. The lowest BCUT2D eigenvalue weighted by Gasteiger charge is -2.33. The first-order chi connectivity index (χ1) is 15.5. The van der Waals surface area contributed by atoms with Crippen molar-refractivity contribution in [1.82, 2.24) is 0 Å². The summed E-state index contributed by atoms with van der Waals surface area (Å²) in [5.74, 6) is -0.659. The van der Waals surface area contributed by atoms with E-state index >= 15 is 0 Å². The Kier molecular flexibility index (Phi) is 5.97. The molecule has 1 heterocycles. The number of hydrogen-bond acceptors (Lipinski definition) is 3. The second-order valence-corrected chi connectivity index (χ2v) is 9.18. The predicted molar refractivity (Wildman–Crippen MR) is 130 cm³/mol. The average molecular weight is 445 g/mol. The molecule has 0 saturated carbocycles. The molecule has 3 aromatic rings. The van der Waals surface area contributed by atoms with Crippen LogP contribution in [0.25, 0.3) is 5.57 Å². The molecule has 5 nitrogen and oxygen atoms in total. The summed E-state index contributed by atoms with van der Waals surface area (Å²) in [6.07, 6.45) is 2.23. The van der Waals surface area contributed by atoms with E-state index in [2.05, 4.69) is 11.9 Å². The van der Waals surface area contributed by atoms with Crippen LogP contribution in [-0.2, 0) is 21.2 Å². The van der Waals surface area contributed by atoms with Crippen molar-refractivity contribution in [2.45, 2.75) is 13.3 Å². The SMILES string of the molecule is C=CCN1c2ccccc2C(c2ccccc2)=C(C(=O)Nc2ccccc2CC)S1(=O)=O. The van der Waals surface area contributed by atoms with Crippen LogP contribution in [0.2, 0.25) is 0 Å². The number of fused-ring (bicyclic) bond motifs is 1. The number of carbonyl (C=O) groups excluding carboxylic acids is 1. The summed E-state index contributed by atoms with van der Waals surface area (Å²) in [6, 6.07) is 23.8. The zero-order chi connectivity index (χ0) is 22.7. The van der Waals surface area contributed by atoms with Crippen molar-refractivity contribution in [3.05, 3.63) is 113 Å². The van der Waals surface area contributed by atoms with Crippen LogP contribution in [0.3, 0.4) is 0 Å². The van der Waals surface area contributed by atoms with Gasteiger partial charge in [0.05, 0.1) is 12.2 Å². The van der Waals surface area contributed by atoms with Crippen LogP contribution in [0.5, 0.6) is 0 Å². The van der Waals surface area contributed by atoms with Crippen molar-refractivity contribution in [1.29, 1.82) is 0 Å². The number of nitrogens with one attached hydrogen (secondary N) is 1. The van der Waals surface area contributed by atoms with Crippen LogP contribution < -0.4 is 9.62 Å². The number of hydrogen-bond donors (Lipinski definition) is 1. The van der Waals surface area contributed by atoms with E-state index in [1.807, 2.05) is 67.6 Å². The Bertz CT molecular complexity index is 1310. The molecule has 1 aliphatic rings. The molecule has 162 valence electrons. The van der Waals surface area contributed by atoms with Crippen molar-refractivity contribution in [3.63, 3.8) is 0 Å². The van der Waals surface area contributed by atoms with Gasteiger partial charge in [-0.25, -0.2) is 8.42 Å². The maximum absolute atomic E-state index is 13.8. The van der Waals surface area contributed by atoms with Gasteiger partial charge in [-0.1, -0.05) is 79.7 Å². The smallest absolute Gasteiger partial charge is 0.270 e. The van der Waals surface area contributed by atoms with Crippen LogP contribution in [0.1, 0.15) is 23.6 Å². The van der Waals surface area contributed by atoms with E-state index in [9.17, 15) is 13.2 Å². The van der Waals surface area contributed by atoms with Crippen molar-refractivity contribution >= 4 is 32.9 Å². The van der Waals surface area contributed by atoms with Crippen molar-refractivity contribution < 1.29 is 13.2 Å². The Morgan fingerprint density at radius 1 is 0.969 bits per heavy atom. The zero-order valence-electron chi connectivity index (χ0n) is 17.8. The molecule has 0 aromatic heterocycles. The van der Waals surface area contributed by atoms with E-state index in [1.54, 1.807) is 18.2 Å². The Labute approximate surface area is 188 Å². The molecule has 0 unspecified atom stereocenters. The molecule has 0 fully saturated rings. The van der Waals surface area contributed by atoms with Gasteiger partial charge >= 0.3 is 0 Å². The number of sulfonamides is 1. The van der Waals surface area contributed by atoms with Gasteiger partial charge in [-0.3, -0.25) is 9.10 Å². The quantitative estimate of drug-likeness (QED) is 0.545. The number of benzene rings is 3. The van der Waals surface area contributed by atoms with Gasteiger partial charge in [-0.15, -0.1) is 6.58 Å². The van der Waals surface area contributed by atoms with Crippen LogP contribution >= 0.6 is 0 Å². The third kappa shape index (κ3) is 3.74. The number of nitrogens with zero attached hydrogens (tertiary/aromatic N) is 1.